The predicted molar refractivity (Wildman–Crippen MR) is 92.9 cm³/mol. The van der Waals surface area contributed by atoms with E-state index in [4.69, 9.17) is 0 Å². The first-order valence-corrected chi connectivity index (χ1v) is 9.47. The Morgan fingerprint density at radius 1 is 0.955 bits per heavy atom. The van der Waals surface area contributed by atoms with Gasteiger partial charge in [-0.3, -0.25) is 14.4 Å². The fraction of sp³-hybridized carbons (Fsp3) is 0.824. The van der Waals surface area contributed by atoms with E-state index < -0.39 is 5.92 Å². The minimum atomic E-state index is -0.529. The minimum Gasteiger partial charge on any atom is -0.355 e. The van der Waals surface area contributed by atoms with Crippen LogP contribution in [0, 0.1) is 5.92 Å². The SMILES string of the molecule is CCCCCCCC(=O)NCCSC(=O)[C@@H](C)C(=O)CCC. The number of rotatable bonds is 13. The fourth-order valence-electron chi connectivity index (χ4n) is 2.04. The molecule has 1 N–H and O–H groups in total. The highest BCUT2D eigenvalue weighted by atomic mass is 32.2. The van der Waals surface area contributed by atoms with Crippen LogP contribution in [0.5, 0.6) is 0 Å². The summed E-state index contributed by atoms with van der Waals surface area (Å²) >= 11 is 1.14. The van der Waals surface area contributed by atoms with E-state index in [-0.39, 0.29) is 16.8 Å². The second kappa shape index (κ2) is 13.8. The number of amides is 1. The third-order valence-electron chi connectivity index (χ3n) is 3.51. The van der Waals surface area contributed by atoms with Crippen LogP contribution >= 0.6 is 11.8 Å². The summed E-state index contributed by atoms with van der Waals surface area (Å²) in [6.07, 6.45) is 7.46. The molecule has 22 heavy (non-hydrogen) atoms. The molecule has 0 saturated heterocycles. The van der Waals surface area contributed by atoms with Gasteiger partial charge < -0.3 is 5.32 Å². The first kappa shape index (κ1) is 21.2. The molecule has 0 aromatic carbocycles. The molecule has 0 rings (SSSR count). The van der Waals surface area contributed by atoms with Gasteiger partial charge in [0.1, 0.15) is 5.78 Å². The van der Waals surface area contributed by atoms with E-state index in [9.17, 15) is 14.4 Å². The van der Waals surface area contributed by atoms with Gasteiger partial charge in [0.25, 0.3) is 0 Å². The third kappa shape index (κ3) is 10.8. The zero-order chi connectivity index (χ0) is 16.8. The molecule has 0 fully saturated rings. The predicted octanol–water partition coefficient (Wildman–Crippen LogP) is 3.73. The van der Waals surface area contributed by atoms with Crippen molar-refractivity contribution in [3.05, 3.63) is 0 Å². The van der Waals surface area contributed by atoms with Crippen LogP contribution in [-0.4, -0.2) is 29.1 Å². The lowest BCUT2D eigenvalue weighted by Crippen LogP contribution is -2.26. The zero-order valence-corrected chi connectivity index (χ0v) is 15.1. The van der Waals surface area contributed by atoms with Gasteiger partial charge >= 0.3 is 0 Å². The summed E-state index contributed by atoms with van der Waals surface area (Å²) in [4.78, 5) is 35.0. The summed E-state index contributed by atoms with van der Waals surface area (Å²) in [6.45, 7) is 6.25. The molecule has 0 radical (unpaired) electrons. The molecule has 1 amide bonds. The van der Waals surface area contributed by atoms with E-state index in [0.29, 0.717) is 25.1 Å². The summed E-state index contributed by atoms with van der Waals surface area (Å²) in [6, 6.07) is 0. The highest BCUT2D eigenvalue weighted by molar-refractivity contribution is 8.13. The number of Topliss-reactive ketones (excluding diaryl/α,β-unsaturated/α-hetero) is 1. The van der Waals surface area contributed by atoms with Gasteiger partial charge in [-0.25, -0.2) is 0 Å². The van der Waals surface area contributed by atoms with Crippen molar-refractivity contribution < 1.29 is 14.4 Å². The average Bonchev–Trinajstić information content (AvgIpc) is 2.50. The number of carbonyl (C=O) groups excluding carboxylic acids is 3. The Kier molecular flexibility index (Phi) is 13.3. The van der Waals surface area contributed by atoms with Crippen molar-refractivity contribution >= 4 is 28.6 Å². The Balaban J connectivity index is 3.64. The minimum absolute atomic E-state index is 0.0103. The molecule has 0 aliphatic carbocycles. The number of nitrogens with one attached hydrogen (secondary N) is 1. The Bertz CT molecular complexity index is 345. The van der Waals surface area contributed by atoms with Gasteiger partial charge in [-0.15, -0.1) is 0 Å². The van der Waals surface area contributed by atoms with Crippen LogP contribution in [0.4, 0.5) is 0 Å². The molecule has 1 atom stereocenters. The largest absolute Gasteiger partial charge is 0.355 e. The fourth-order valence-corrected chi connectivity index (χ4v) is 2.83. The Morgan fingerprint density at radius 2 is 1.64 bits per heavy atom. The van der Waals surface area contributed by atoms with Gasteiger partial charge in [-0.05, 0) is 19.8 Å². The summed E-state index contributed by atoms with van der Waals surface area (Å²) < 4.78 is 0. The molecule has 0 unspecified atom stereocenters. The van der Waals surface area contributed by atoms with Crippen LogP contribution in [-0.2, 0) is 14.4 Å². The van der Waals surface area contributed by atoms with Crippen molar-refractivity contribution in [2.45, 2.75) is 72.1 Å². The normalized spacial score (nSPS) is 12.0. The van der Waals surface area contributed by atoms with Gasteiger partial charge in [-0.2, -0.15) is 0 Å². The smallest absolute Gasteiger partial charge is 0.220 e. The maximum Gasteiger partial charge on any atom is 0.220 e. The van der Waals surface area contributed by atoms with Gasteiger partial charge in [0.15, 0.2) is 5.12 Å². The van der Waals surface area contributed by atoms with E-state index in [1.807, 2.05) is 6.92 Å². The number of thioether (sulfide) groups is 1. The second-order valence-corrected chi connectivity index (χ2v) is 6.72. The van der Waals surface area contributed by atoms with Crippen LogP contribution in [0.3, 0.4) is 0 Å². The second-order valence-electron chi connectivity index (χ2n) is 5.62. The molecule has 0 aromatic heterocycles. The molecule has 0 heterocycles. The van der Waals surface area contributed by atoms with Crippen molar-refractivity contribution in [3.63, 3.8) is 0 Å². The summed E-state index contributed by atoms with van der Waals surface area (Å²) in [5, 5.41) is 2.73. The lowest BCUT2D eigenvalue weighted by Gasteiger charge is -2.09. The van der Waals surface area contributed by atoms with Crippen LogP contribution in [0.1, 0.15) is 72.1 Å². The van der Waals surface area contributed by atoms with Crippen LogP contribution in [0.15, 0.2) is 0 Å². The van der Waals surface area contributed by atoms with Crippen molar-refractivity contribution in [2.75, 3.05) is 12.3 Å². The number of carbonyl (C=O) groups is 3. The quantitative estimate of drug-likeness (QED) is 0.413. The first-order valence-electron chi connectivity index (χ1n) is 8.48. The lowest BCUT2D eigenvalue weighted by molar-refractivity contribution is -0.128. The molecule has 0 spiro atoms. The zero-order valence-electron chi connectivity index (χ0n) is 14.3. The first-order chi connectivity index (χ1) is 10.5. The van der Waals surface area contributed by atoms with E-state index in [1.165, 1.54) is 19.3 Å². The standard InChI is InChI=1S/C17H31NO3S/c1-4-6-7-8-9-11-16(20)18-12-13-22-17(21)14(3)15(19)10-5-2/h14H,4-13H2,1-3H3,(H,18,20)/t14-/m0/s1. The van der Waals surface area contributed by atoms with Gasteiger partial charge in [0.05, 0.1) is 5.92 Å². The molecular weight excluding hydrogens is 298 g/mol. The topological polar surface area (TPSA) is 63.2 Å². The van der Waals surface area contributed by atoms with Gasteiger partial charge in [-0.1, -0.05) is 51.3 Å². The molecule has 0 aliphatic rings. The van der Waals surface area contributed by atoms with Crippen LogP contribution < -0.4 is 5.32 Å². The molecule has 5 heteroatoms. The third-order valence-corrected chi connectivity index (χ3v) is 4.56. The van der Waals surface area contributed by atoms with E-state index in [0.717, 1.165) is 31.0 Å². The summed E-state index contributed by atoms with van der Waals surface area (Å²) in [5.41, 5.74) is 0. The Morgan fingerprint density at radius 3 is 2.27 bits per heavy atom. The number of ketones is 1. The highest BCUT2D eigenvalue weighted by Crippen LogP contribution is 2.13. The maximum atomic E-state index is 11.8. The molecule has 0 saturated carbocycles. The molecule has 4 nitrogen and oxygen atoms in total. The Hall–Kier alpha value is -0.840. The Labute approximate surface area is 139 Å². The van der Waals surface area contributed by atoms with Crippen molar-refractivity contribution in [2.24, 2.45) is 5.92 Å². The van der Waals surface area contributed by atoms with E-state index in [2.05, 4.69) is 12.2 Å². The van der Waals surface area contributed by atoms with Crippen LogP contribution in [0.2, 0.25) is 0 Å². The van der Waals surface area contributed by atoms with Crippen LogP contribution in [0.25, 0.3) is 0 Å². The van der Waals surface area contributed by atoms with Gasteiger partial charge in [0, 0.05) is 25.1 Å². The van der Waals surface area contributed by atoms with Gasteiger partial charge in [0.2, 0.25) is 5.91 Å². The summed E-state index contributed by atoms with van der Waals surface area (Å²) in [5.74, 6) is 0.0689. The highest BCUT2D eigenvalue weighted by Gasteiger charge is 2.20. The van der Waals surface area contributed by atoms with Crippen molar-refractivity contribution in [1.29, 1.82) is 0 Å². The maximum absolute atomic E-state index is 11.8. The molecule has 0 aromatic rings. The van der Waals surface area contributed by atoms with Crippen molar-refractivity contribution in [1.82, 2.24) is 5.32 Å². The number of hydrogen-bond acceptors (Lipinski definition) is 4. The summed E-state index contributed by atoms with van der Waals surface area (Å²) in [7, 11) is 0. The molecule has 0 aliphatic heterocycles. The number of hydrogen-bond donors (Lipinski definition) is 1. The molecule has 0 bridgehead atoms. The average molecular weight is 330 g/mol. The number of unbranched alkanes of at least 4 members (excludes halogenated alkanes) is 4. The molecular formula is C17H31NO3S. The van der Waals surface area contributed by atoms with Crippen molar-refractivity contribution in [3.8, 4) is 0 Å². The monoisotopic (exact) mass is 329 g/mol. The molecule has 128 valence electrons. The lowest BCUT2D eigenvalue weighted by atomic mass is 10.0. The van der Waals surface area contributed by atoms with E-state index >= 15 is 0 Å². The van der Waals surface area contributed by atoms with E-state index in [1.54, 1.807) is 6.92 Å².